The van der Waals surface area contributed by atoms with Crippen LogP contribution in [0.2, 0.25) is 0 Å². The Bertz CT molecular complexity index is 5680. The summed E-state index contributed by atoms with van der Waals surface area (Å²) in [6.45, 7) is 38.8. The summed E-state index contributed by atoms with van der Waals surface area (Å²) >= 11 is 0. The number of rotatable bonds is 14. The maximum absolute atomic E-state index is 12.2. The lowest BCUT2D eigenvalue weighted by molar-refractivity contribution is -0.612. The minimum Gasteiger partial charge on any atom is -0.504 e. The summed E-state index contributed by atoms with van der Waals surface area (Å²) in [5.41, 5.74) is 2.19. The number of carbonyl (C=O) groups excluding carboxylic acids is 1. The molecule has 29 atom stereocenters. The molecule has 22 nitrogen and oxygen atoms in total. The maximum atomic E-state index is 12.2. The van der Waals surface area contributed by atoms with E-state index in [1.54, 1.807) is 26.4 Å². The molecule has 20 aliphatic carbocycles. The summed E-state index contributed by atoms with van der Waals surface area (Å²) in [6, 6.07) is 17.1. The molecular weight excluding hydrogens is 1740 g/mol. The average Bonchev–Trinajstić information content (AvgIpc) is 1.66. The first-order valence-corrected chi connectivity index (χ1v) is 54.1. The first-order valence-electron chi connectivity index (χ1n) is 54.1. The van der Waals surface area contributed by atoms with E-state index in [9.17, 15) is 50.8 Å². The Balaban J connectivity index is 0.0000000985. The number of ether oxygens (including phenoxy) is 8. The SMILES string of the molecule is CO[C@]12CC[C@@]3(C[C@@H]1C(C)(O)C(C)(C)C)C1Cc4ccc(O)c5c4[C@@]3(CCN1)[C@H]2O5.CO[C@]12CC[C@@]3(C[C@@H]1C(C)(O)C(C)(C)C)C1Cc4ccc(O)c5c4[C@@]3(CCN1C(O)C1CC1)[C@H]2O5.CO[C@]12CC[C@@]3(C[C@@H]1C(C)(O)C(C)(C)C)C1Cc4ccc(O)c5c4[C@@]3(CCN1CC1CC1)[C@H]2O5.CO[C@]12CC[C@@]3(C[C@@H]1C(C)(O)C(C)(C)C)C1Cc4ccc(O)c5c4[C@@]3(CC[N+]1=CC1CC1)[C@H]2O5.O=CC1CC1. The monoisotopic (exact) mass is 1900 g/mol. The van der Waals surface area contributed by atoms with Gasteiger partial charge in [-0.2, -0.15) is 0 Å². The van der Waals surface area contributed by atoms with Crippen LogP contribution in [-0.4, -0.2) is 234 Å². The molecule has 10 N–H and O–H groups in total. The van der Waals surface area contributed by atoms with Crippen LogP contribution in [0.3, 0.4) is 0 Å². The van der Waals surface area contributed by atoms with Crippen molar-refractivity contribution in [3.8, 4) is 46.0 Å². The Kier molecular flexibility index (Phi) is 20.2. The number of aldehydes is 1. The van der Waals surface area contributed by atoms with Crippen LogP contribution < -0.4 is 24.3 Å². The molecule has 16 bridgehead atoms. The van der Waals surface area contributed by atoms with Crippen LogP contribution in [0.5, 0.6) is 46.0 Å². The zero-order valence-corrected chi connectivity index (χ0v) is 86.5. The largest absolute Gasteiger partial charge is 0.504 e. The second-order valence-corrected chi connectivity index (χ2v) is 54.5. The van der Waals surface area contributed by atoms with Gasteiger partial charge >= 0.3 is 0 Å². The van der Waals surface area contributed by atoms with E-state index < -0.39 is 51.0 Å². The lowest BCUT2D eigenvalue weighted by Crippen LogP contribution is -2.83. The number of likely N-dealkylation sites (tertiary alicyclic amines) is 2. The summed E-state index contributed by atoms with van der Waals surface area (Å²) in [5.74, 6) is 5.91. The molecule has 8 aliphatic heterocycles. The Morgan fingerprint density at radius 1 is 0.420 bits per heavy atom. The molecule has 4 saturated heterocycles. The van der Waals surface area contributed by atoms with E-state index in [1.165, 1.54) is 76.7 Å². The molecule has 0 radical (unpaired) electrons. The second-order valence-electron chi connectivity index (χ2n) is 54.5. The van der Waals surface area contributed by atoms with Gasteiger partial charge in [-0.3, -0.25) is 9.80 Å². The summed E-state index contributed by atoms with van der Waals surface area (Å²) in [7, 11) is 7.25. The van der Waals surface area contributed by atoms with E-state index in [1.807, 2.05) is 54.0 Å². The highest BCUT2D eigenvalue weighted by Gasteiger charge is 2.89. The van der Waals surface area contributed by atoms with Crippen molar-refractivity contribution in [2.24, 2.45) is 90.7 Å². The number of aliphatic hydroxyl groups excluding tert-OH is 1. The van der Waals surface area contributed by atoms with E-state index in [0.29, 0.717) is 53.0 Å². The number of piperidine rings is 4. The Morgan fingerprint density at radius 2 is 0.775 bits per heavy atom. The molecule has 20 fully saturated rings. The number of phenols is 4. The van der Waals surface area contributed by atoms with Gasteiger partial charge in [-0.05, 0) is 288 Å². The van der Waals surface area contributed by atoms with Crippen LogP contribution in [0.15, 0.2) is 48.5 Å². The van der Waals surface area contributed by atoms with Gasteiger partial charge < -0.3 is 94.0 Å². The van der Waals surface area contributed by atoms with E-state index in [0.717, 1.165) is 198 Å². The second kappa shape index (κ2) is 29.6. The van der Waals surface area contributed by atoms with Gasteiger partial charge in [-0.1, -0.05) is 107 Å². The Labute approximate surface area is 818 Å². The van der Waals surface area contributed by atoms with E-state index in [2.05, 4.69) is 133 Å². The first kappa shape index (κ1) is 94.4. The quantitative estimate of drug-likeness (QED) is 0.0414. The number of nitrogens with one attached hydrogen (secondary N) is 1. The molecule has 8 heterocycles. The van der Waals surface area contributed by atoms with E-state index >= 15 is 0 Å². The Hall–Kier alpha value is -5.86. The number of benzene rings is 4. The lowest BCUT2D eigenvalue weighted by Gasteiger charge is -2.75. The number of hydrogen-bond acceptors (Lipinski definition) is 21. The maximum Gasteiger partial charge on any atom is 0.165 e. The highest BCUT2D eigenvalue weighted by Crippen LogP contribution is 2.84. The van der Waals surface area contributed by atoms with Gasteiger partial charge in [0.2, 0.25) is 0 Å². The number of aliphatic hydroxyl groups is 5. The lowest BCUT2D eigenvalue weighted by atomic mass is 9.33. The number of aromatic hydroxyl groups is 4. The van der Waals surface area contributed by atoms with Crippen LogP contribution in [0.25, 0.3) is 0 Å². The Morgan fingerprint density at radius 3 is 1.16 bits per heavy atom. The standard InChI is InChI=1S/C29H41NO5.C29H41NO4.C29H39NO4.C25H35NO4.C4H6O/c1-25(2,3)26(4,33)19-15-27-10-11-29(19,34-5)24-28(27)12-13-30(23(32)16-6-7-16)20(27)14-17-8-9-18(31)22(35-24)21(17)28;2*1-25(2,3)26(4,32)20-15-27-10-11-29(20,33-5)24-28(27)12-13-30(16-17-6-7-17)21(27)14-18-8-9-19(31)23(34-24)22(18)28;1-21(2,3)22(4,28)16-13-23-8-9-25(16,29-5)20-24(23)10-11-26-17(23)12-14-6-7-15(27)19(30-20)18(14)24;5-3-4-1-2-4/h8-9,16,19-20,23-24,31-33H,6-7,10-15H2,1-5H3;8-9,17,20-21,24,31-32H,6-7,10-16H2,1-5H3;8-9,16-17,20-21,24,32H,6-7,10-15H2,1-5H3;6-7,16-17,20,26-28H,8-13H2,1-5H3;3-4H,1-2H2/p+1/t19-,20?,23?,24-,26?,27-,28+,29-;2*20-,21?,24-,26?,27-,28+,29-;16-,17?,20-,22?,23-,24+,25-;/m1111./s1. The predicted molar refractivity (Wildman–Crippen MR) is 524 cm³/mol. The number of fused-ring (bicyclic) bond motifs is 8. The molecule has 28 aliphatic rings. The fourth-order valence-corrected chi connectivity index (χ4v) is 37.4. The third-order valence-corrected chi connectivity index (χ3v) is 46.7. The van der Waals surface area contributed by atoms with Crippen LogP contribution in [0.4, 0.5) is 0 Å². The number of methoxy groups -OCH3 is 4. The topological polar surface area (TPSA) is 294 Å². The smallest absolute Gasteiger partial charge is 0.165 e. The van der Waals surface area contributed by atoms with Crippen LogP contribution >= 0.6 is 0 Å². The molecule has 9 unspecified atom stereocenters. The van der Waals surface area contributed by atoms with Gasteiger partial charge in [0.05, 0.1) is 27.8 Å². The van der Waals surface area contributed by atoms with Crippen molar-refractivity contribution in [1.82, 2.24) is 15.1 Å². The molecule has 32 rings (SSSR count). The highest BCUT2D eigenvalue weighted by atomic mass is 16.6. The normalized spacial score (nSPS) is 43.5. The van der Waals surface area contributed by atoms with Crippen molar-refractivity contribution >= 4 is 12.5 Å². The average molecular weight is 1900 g/mol. The van der Waals surface area contributed by atoms with Gasteiger partial charge in [0, 0.05) is 168 Å². The molecular formula is C116H163N4O18+. The van der Waals surface area contributed by atoms with E-state index in [4.69, 9.17) is 37.9 Å². The van der Waals surface area contributed by atoms with Crippen molar-refractivity contribution in [2.75, 3.05) is 61.2 Å². The van der Waals surface area contributed by atoms with Crippen molar-refractivity contribution in [3.05, 3.63) is 93.0 Å². The fourth-order valence-electron chi connectivity index (χ4n) is 37.4. The molecule has 4 aromatic carbocycles. The summed E-state index contributed by atoms with van der Waals surface area (Å²) in [5, 5.41) is 108. The highest BCUT2D eigenvalue weighted by molar-refractivity contribution is 5.69. The molecule has 8 spiro atoms. The zero-order valence-electron chi connectivity index (χ0n) is 86.5. The number of phenolic OH excluding ortho intramolecular Hbond substituents is 4. The minimum atomic E-state index is -0.979. The van der Waals surface area contributed by atoms with Gasteiger partial charge in [-0.25, -0.2) is 4.58 Å². The van der Waals surface area contributed by atoms with Crippen molar-refractivity contribution in [3.63, 3.8) is 0 Å². The minimum absolute atomic E-state index is 0.00748. The molecule has 0 aromatic heterocycles. The zero-order chi connectivity index (χ0) is 97.6. The number of hydrogen-bond donors (Lipinski definition) is 10. The van der Waals surface area contributed by atoms with Crippen molar-refractivity contribution < 1.29 is 93.2 Å². The summed E-state index contributed by atoms with van der Waals surface area (Å²) in [6.07, 6.45) is 31.5. The van der Waals surface area contributed by atoms with Crippen molar-refractivity contribution in [1.29, 1.82) is 0 Å². The van der Waals surface area contributed by atoms with Crippen molar-refractivity contribution in [2.45, 2.75) is 412 Å². The van der Waals surface area contributed by atoms with Gasteiger partial charge in [-0.15, -0.1) is 0 Å². The third kappa shape index (κ3) is 11.4. The number of nitrogens with zero attached hydrogens (tertiary/aromatic N) is 3. The van der Waals surface area contributed by atoms with Gasteiger partial charge in [0.25, 0.3) is 0 Å². The van der Waals surface area contributed by atoms with Gasteiger partial charge in [0.1, 0.15) is 72.1 Å². The number of carbonyl (C=O) groups is 1. The third-order valence-electron chi connectivity index (χ3n) is 46.7. The molecule has 138 heavy (non-hydrogen) atoms. The van der Waals surface area contributed by atoms with Crippen LogP contribution in [0, 0.1) is 90.7 Å². The van der Waals surface area contributed by atoms with Gasteiger partial charge in [0.15, 0.2) is 52.0 Å². The summed E-state index contributed by atoms with van der Waals surface area (Å²) in [4.78, 5) is 14.8. The fraction of sp³-hybridized carbons (Fsp3) is 0.776. The first-order chi connectivity index (χ1) is 65.0. The molecule has 0 amide bonds. The van der Waals surface area contributed by atoms with Crippen LogP contribution in [-0.2, 0) is 71.1 Å². The summed E-state index contributed by atoms with van der Waals surface area (Å²) < 4.78 is 56.2. The molecule has 754 valence electrons. The van der Waals surface area contributed by atoms with E-state index in [-0.39, 0.29) is 142 Å². The predicted octanol–water partition coefficient (Wildman–Crippen LogP) is 16.2. The molecule has 4 aromatic rings. The molecule has 16 saturated carbocycles. The van der Waals surface area contributed by atoms with Crippen LogP contribution in [0.1, 0.15) is 309 Å². The molecule has 22 heteroatoms.